The van der Waals surface area contributed by atoms with Gasteiger partial charge in [0.15, 0.2) is 0 Å². The number of hydrogen-bond acceptors (Lipinski definition) is 5. The number of nitrogens with zero attached hydrogens (tertiary/aromatic N) is 3. The number of amides is 2. The van der Waals surface area contributed by atoms with Crippen molar-refractivity contribution in [2.24, 2.45) is 5.92 Å². The molecule has 1 unspecified atom stereocenters. The van der Waals surface area contributed by atoms with Crippen molar-refractivity contribution in [3.05, 3.63) is 28.9 Å². The normalized spacial score (nSPS) is 27.9. The summed E-state index contributed by atoms with van der Waals surface area (Å²) in [7, 11) is 0. The van der Waals surface area contributed by atoms with Gasteiger partial charge in [0.25, 0.3) is 0 Å². The molecule has 2 aliphatic carbocycles. The zero-order chi connectivity index (χ0) is 19.7. The zero-order valence-electron chi connectivity index (χ0n) is 16.3. The van der Waals surface area contributed by atoms with Crippen LogP contribution in [0.5, 0.6) is 0 Å². The zero-order valence-corrected chi connectivity index (χ0v) is 16.3. The van der Waals surface area contributed by atoms with E-state index >= 15 is 0 Å². The van der Waals surface area contributed by atoms with E-state index in [2.05, 4.69) is 17.2 Å². The maximum absolute atomic E-state index is 13.0. The number of carbonyl (C=O) groups is 2. The minimum atomic E-state index is -0.348. The summed E-state index contributed by atoms with van der Waals surface area (Å²) in [5.41, 5.74) is -0.575. The summed E-state index contributed by atoms with van der Waals surface area (Å²) in [5.74, 6) is 0.571. The number of hydrogen-bond donors (Lipinski definition) is 1. The predicted octanol–water partition coefficient (Wildman–Crippen LogP) is 0.698. The van der Waals surface area contributed by atoms with Crippen LogP contribution < -0.4 is 11.0 Å². The van der Waals surface area contributed by atoms with E-state index in [4.69, 9.17) is 4.74 Å². The van der Waals surface area contributed by atoms with Gasteiger partial charge in [-0.05, 0) is 37.7 Å². The molecule has 2 heterocycles. The van der Waals surface area contributed by atoms with Gasteiger partial charge in [-0.2, -0.15) is 0 Å². The molecule has 152 valence electrons. The molecule has 1 aromatic heterocycles. The Balaban J connectivity index is 1.36. The third-order valence-electron chi connectivity index (χ3n) is 6.35. The van der Waals surface area contributed by atoms with Crippen LogP contribution in [0.4, 0.5) is 0 Å². The molecule has 2 amide bonds. The average Bonchev–Trinajstić information content (AvgIpc) is 3.33. The molecule has 0 bridgehead atoms. The Kier molecular flexibility index (Phi) is 5.23. The molecule has 1 saturated heterocycles. The summed E-state index contributed by atoms with van der Waals surface area (Å²) in [5, 5.41) is 3.03. The summed E-state index contributed by atoms with van der Waals surface area (Å²) in [6.07, 6.45) is 7.34. The lowest BCUT2D eigenvalue weighted by atomic mass is 9.74. The molecule has 1 aromatic rings. The van der Waals surface area contributed by atoms with Crippen LogP contribution in [0.1, 0.15) is 45.4 Å². The van der Waals surface area contributed by atoms with Crippen LogP contribution in [0.25, 0.3) is 0 Å². The SMILES string of the molecule is C[C@@H]1C[C@H]1NC(=O)CC1CN(C(=O)CCn2cccnc2=O)C2(CCC2)CO1. The molecule has 2 saturated carbocycles. The maximum Gasteiger partial charge on any atom is 0.347 e. The van der Waals surface area contributed by atoms with Crippen LogP contribution in [0.15, 0.2) is 23.3 Å². The van der Waals surface area contributed by atoms with Crippen molar-refractivity contribution in [2.75, 3.05) is 13.2 Å². The predicted molar refractivity (Wildman–Crippen MR) is 101 cm³/mol. The van der Waals surface area contributed by atoms with Crippen LogP contribution in [0, 0.1) is 5.92 Å². The number of nitrogens with one attached hydrogen (secondary N) is 1. The van der Waals surface area contributed by atoms with Crippen LogP contribution in [0.2, 0.25) is 0 Å². The second-order valence-electron chi connectivity index (χ2n) is 8.45. The standard InChI is InChI=1S/C20H28N4O4/c1-14-10-16(14)22-17(25)11-15-12-24(20(13-28-15)5-2-6-20)18(26)4-9-23-8-3-7-21-19(23)27/h3,7-8,14-16H,2,4-6,9-13H2,1H3,(H,22,25)/t14-,15?,16-/m1/s1. The molecule has 0 aromatic carbocycles. The Hall–Kier alpha value is -2.22. The van der Waals surface area contributed by atoms with Crippen LogP contribution in [-0.2, 0) is 20.9 Å². The van der Waals surface area contributed by atoms with Crippen LogP contribution >= 0.6 is 0 Å². The Morgan fingerprint density at radius 1 is 1.39 bits per heavy atom. The number of rotatable bonds is 6. The molecule has 3 aliphatic rings. The first-order chi connectivity index (χ1) is 13.5. The van der Waals surface area contributed by atoms with Gasteiger partial charge in [0.05, 0.1) is 24.7 Å². The lowest BCUT2D eigenvalue weighted by Crippen LogP contribution is -2.65. The first-order valence-corrected chi connectivity index (χ1v) is 10.2. The Labute approximate surface area is 164 Å². The van der Waals surface area contributed by atoms with Crippen LogP contribution in [0.3, 0.4) is 0 Å². The van der Waals surface area contributed by atoms with Crippen molar-refractivity contribution >= 4 is 11.8 Å². The second kappa shape index (κ2) is 7.66. The number of morpholine rings is 1. The highest BCUT2D eigenvalue weighted by molar-refractivity contribution is 5.79. The van der Waals surface area contributed by atoms with Gasteiger partial charge in [-0.15, -0.1) is 0 Å². The van der Waals surface area contributed by atoms with Gasteiger partial charge in [-0.1, -0.05) is 6.92 Å². The molecule has 3 fully saturated rings. The highest BCUT2D eigenvalue weighted by atomic mass is 16.5. The van der Waals surface area contributed by atoms with Gasteiger partial charge < -0.3 is 15.0 Å². The lowest BCUT2D eigenvalue weighted by molar-refractivity contribution is -0.173. The van der Waals surface area contributed by atoms with Crippen molar-refractivity contribution in [1.82, 2.24) is 19.8 Å². The Morgan fingerprint density at radius 2 is 2.18 bits per heavy atom. The number of aromatic nitrogens is 2. The minimum Gasteiger partial charge on any atom is -0.373 e. The first-order valence-electron chi connectivity index (χ1n) is 10.2. The molecule has 1 spiro atoms. The molecule has 8 nitrogen and oxygen atoms in total. The summed E-state index contributed by atoms with van der Waals surface area (Å²) >= 11 is 0. The van der Waals surface area contributed by atoms with E-state index in [-0.39, 0.29) is 42.0 Å². The van der Waals surface area contributed by atoms with Crippen molar-refractivity contribution < 1.29 is 14.3 Å². The van der Waals surface area contributed by atoms with Crippen molar-refractivity contribution in [3.63, 3.8) is 0 Å². The maximum atomic E-state index is 13.0. The highest BCUT2D eigenvalue weighted by Crippen LogP contribution is 2.41. The Bertz CT molecular complexity index is 803. The summed E-state index contributed by atoms with van der Waals surface area (Å²) in [6, 6.07) is 1.98. The van der Waals surface area contributed by atoms with Gasteiger partial charge in [0, 0.05) is 37.9 Å². The quantitative estimate of drug-likeness (QED) is 0.774. The number of carbonyl (C=O) groups excluding carboxylic acids is 2. The van der Waals surface area contributed by atoms with Crippen molar-refractivity contribution in [2.45, 2.75) is 69.7 Å². The molecular weight excluding hydrogens is 360 g/mol. The molecule has 8 heteroatoms. The van der Waals surface area contributed by atoms with Gasteiger partial charge in [0.2, 0.25) is 11.8 Å². The highest BCUT2D eigenvalue weighted by Gasteiger charge is 2.49. The molecule has 28 heavy (non-hydrogen) atoms. The summed E-state index contributed by atoms with van der Waals surface area (Å²) < 4.78 is 7.43. The smallest absolute Gasteiger partial charge is 0.347 e. The summed E-state index contributed by atoms with van der Waals surface area (Å²) in [4.78, 5) is 42.6. The van der Waals surface area contributed by atoms with Gasteiger partial charge in [0.1, 0.15) is 0 Å². The third-order valence-corrected chi connectivity index (χ3v) is 6.35. The third kappa shape index (κ3) is 3.97. The fourth-order valence-corrected chi connectivity index (χ4v) is 4.19. The molecule has 4 rings (SSSR count). The van der Waals surface area contributed by atoms with Gasteiger partial charge >= 0.3 is 5.69 Å². The van der Waals surface area contributed by atoms with Crippen molar-refractivity contribution in [1.29, 1.82) is 0 Å². The molecule has 1 aliphatic heterocycles. The topological polar surface area (TPSA) is 93.5 Å². The van der Waals surface area contributed by atoms with E-state index in [0.717, 1.165) is 25.7 Å². The fraction of sp³-hybridized carbons (Fsp3) is 0.700. The summed E-state index contributed by atoms with van der Waals surface area (Å²) in [6.45, 7) is 3.36. The molecule has 0 radical (unpaired) electrons. The fourth-order valence-electron chi connectivity index (χ4n) is 4.19. The molecule has 1 N–H and O–H groups in total. The average molecular weight is 388 g/mol. The Morgan fingerprint density at radius 3 is 2.82 bits per heavy atom. The van der Waals surface area contributed by atoms with E-state index < -0.39 is 0 Å². The molecular formula is C20H28N4O4. The van der Waals surface area contributed by atoms with E-state index in [9.17, 15) is 14.4 Å². The lowest BCUT2D eigenvalue weighted by Gasteiger charge is -2.54. The van der Waals surface area contributed by atoms with Gasteiger partial charge in [-0.25, -0.2) is 9.78 Å². The minimum absolute atomic E-state index is 0.00165. The van der Waals surface area contributed by atoms with E-state index in [1.165, 1.54) is 10.8 Å². The first kappa shape index (κ1) is 19.1. The largest absolute Gasteiger partial charge is 0.373 e. The van der Waals surface area contributed by atoms with Crippen molar-refractivity contribution in [3.8, 4) is 0 Å². The van der Waals surface area contributed by atoms with Gasteiger partial charge in [-0.3, -0.25) is 14.2 Å². The number of ether oxygens (including phenoxy) is 1. The second-order valence-corrected chi connectivity index (χ2v) is 8.45. The van der Waals surface area contributed by atoms with E-state index in [0.29, 0.717) is 31.7 Å². The number of aryl methyl sites for hydroxylation is 1. The van der Waals surface area contributed by atoms with E-state index in [1.54, 1.807) is 12.3 Å². The van der Waals surface area contributed by atoms with E-state index in [1.807, 2.05) is 4.90 Å². The van der Waals surface area contributed by atoms with Crippen LogP contribution in [-0.4, -0.2) is 57.1 Å². The molecule has 3 atom stereocenters. The monoisotopic (exact) mass is 388 g/mol.